The second kappa shape index (κ2) is 4.89. The lowest BCUT2D eigenvalue weighted by Crippen LogP contribution is -2.36. The molecule has 1 aromatic carbocycles. The van der Waals surface area contributed by atoms with Gasteiger partial charge in [-0.2, -0.15) is 5.10 Å². The SMILES string of the molecule is Cn1cncc1-c1n[nH]c2ccc(N3CCOCC3)cc12. The summed E-state index contributed by atoms with van der Waals surface area (Å²) >= 11 is 0. The molecule has 2 aromatic heterocycles. The first-order valence-corrected chi connectivity index (χ1v) is 7.10. The molecule has 0 bridgehead atoms. The van der Waals surface area contributed by atoms with E-state index in [-0.39, 0.29) is 0 Å². The van der Waals surface area contributed by atoms with Crippen LogP contribution in [0.15, 0.2) is 30.7 Å². The Hall–Kier alpha value is -2.34. The smallest absolute Gasteiger partial charge is 0.118 e. The van der Waals surface area contributed by atoms with Crippen LogP contribution in [0.1, 0.15) is 0 Å². The number of aromatic amines is 1. The van der Waals surface area contributed by atoms with Crippen LogP contribution < -0.4 is 4.90 Å². The maximum Gasteiger partial charge on any atom is 0.118 e. The second-order valence-electron chi connectivity index (χ2n) is 5.29. The molecule has 6 nitrogen and oxygen atoms in total. The van der Waals surface area contributed by atoms with Gasteiger partial charge >= 0.3 is 0 Å². The molecule has 0 radical (unpaired) electrons. The summed E-state index contributed by atoms with van der Waals surface area (Å²) in [4.78, 5) is 6.53. The molecule has 3 aromatic rings. The minimum absolute atomic E-state index is 0.790. The third kappa shape index (κ3) is 2.08. The van der Waals surface area contributed by atoms with E-state index >= 15 is 0 Å². The third-order valence-corrected chi connectivity index (χ3v) is 3.98. The third-order valence-electron chi connectivity index (χ3n) is 3.98. The van der Waals surface area contributed by atoms with Crippen molar-refractivity contribution >= 4 is 16.6 Å². The first kappa shape index (κ1) is 12.4. The highest BCUT2D eigenvalue weighted by Gasteiger charge is 2.15. The number of nitrogens with one attached hydrogen (secondary N) is 1. The van der Waals surface area contributed by atoms with E-state index < -0.39 is 0 Å². The number of nitrogens with zero attached hydrogens (tertiary/aromatic N) is 4. The van der Waals surface area contributed by atoms with E-state index in [0.29, 0.717) is 0 Å². The number of aromatic nitrogens is 4. The molecule has 0 saturated carbocycles. The summed E-state index contributed by atoms with van der Waals surface area (Å²) in [5, 5.41) is 8.68. The van der Waals surface area contributed by atoms with Crippen LogP contribution in [0.5, 0.6) is 0 Å². The number of imidazole rings is 1. The molecular formula is C15H17N5O. The molecule has 1 aliphatic heterocycles. The van der Waals surface area contributed by atoms with Gasteiger partial charge in [0.15, 0.2) is 0 Å². The summed E-state index contributed by atoms with van der Waals surface area (Å²) < 4.78 is 7.40. The molecule has 21 heavy (non-hydrogen) atoms. The molecule has 6 heteroatoms. The van der Waals surface area contributed by atoms with Gasteiger partial charge in [0.2, 0.25) is 0 Å². The molecule has 1 fully saturated rings. The average Bonchev–Trinajstić information content (AvgIpc) is 3.13. The van der Waals surface area contributed by atoms with E-state index in [4.69, 9.17) is 4.74 Å². The predicted molar refractivity (Wildman–Crippen MR) is 81.3 cm³/mol. The van der Waals surface area contributed by atoms with Crippen LogP contribution in [0.25, 0.3) is 22.3 Å². The standard InChI is InChI=1S/C15H17N5O/c1-19-10-16-9-14(19)15-12-8-11(2-3-13(12)17-18-15)20-4-6-21-7-5-20/h2-3,8-10H,4-7H2,1H3,(H,17,18). The van der Waals surface area contributed by atoms with Crippen molar-refractivity contribution < 1.29 is 4.74 Å². The number of benzene rings is 1. The van der Waals surface area contributed by atoms with Gasteiger partial charge in [0, 0.05) is 31.2 Å². The normalized spacial score (nSPS) is 15.8. The molecule has 1 aliphatic rings. The molecule has 1 saturated heterocycles. The van der Waals surface area contributed by atoms with Crippen LogP contribution in [-0.4, -0.2) is 46.1 Å². The van der Waals surface area contributed by atoms with Gasteiger partial charge < -0.3 is 14.2 Å². The van der Waals surface area contributed by atoms with Crippen LogP contribution in [0.2, 0.25) is 0 Å². The molecule has 0 spiro atoms. The molecule has 4 rings (SSSR count). The van der Waals surface area contributed by atoms with Crippen LogP contribution in [-0.2, 0) is 11.8 Å². The Morgan fingerprint density at radius 2 is 2.10 bits per heavy atom. The van der Waals surface area contributed by atoms with E-state index in [9.17, 15) is 0 Å². The number of H-pyrrole nitrogens is 1. The van der Waals surface area contributed by atoms with Crippen LogP contribution in [0.3, 0.4) is 0 Å². The van der Waals surface area contributed by atoms with Gasteiger partial charge in [0.1, 0.15) is 5.69 Å². The van der Waals surface area contributed by atoms with E-state index in [0.717, 1.165) is 48.6 Å². The van der Waals surface area contributed by atoms with Crippen molar-refractivity contribution in [2.45, 2.75) is 0 Å². The molecule has 0 atom stereocenters. The Morgan fingerprint density at radius 3 is 2.86 bits per heavy atom. The predicted octanol–water partition coefficient (Wildman–Crippen LogP) is 1.80. The van der Waals surface area contributed by atoms with Crippen molar-refractivity contribution in [3.63, 3.8) is 0 Å². The second-order valence-corrected chi connectivity index (χ2v) is 5.29. The molecule has 108 valence electrons. The highest BCUT2D eigenvalue weighted by molar-refractivity contribution is 5.94. The fourth-order valence-electron chi connectivity index (χ4n) is 2.80. The number of rotatable bonds is 2. The zero-order valence-corrected chi connectivity index (χ0v) is 11.9. The topological polar surface area (TPSA) is 59.0 Å². The first-order valence-electron chi connectivity index (χ1n) is 7.10. The number of hydrogen-bond acceptors (Lipinski definition) is 4. The highest BCUT2D eigenvalue weighted by Crippen LogP contribution is 2.29. The monoisotopic (exact) mass is 283 g/mol. The fourth-order valence-corrected chi connectivity index (χ4v) is 2.80. The van der Waals surface area contributed by atoms with E-state index in [1.54, 1.807) is 6.33 Å². The average molecular weight is 283 g/mol. The summed E-state index contributed by atoms with van der Waals surface area (Å²) in [5.74, 6) is 0. The molecule has 3 heterocycles. The Bertz CT molecular complexity index is 769. The maximum atomic E-state index is 5.42. The summed E-state index contributed by atoms with van der Waals surface area (Å²) in [6, 6.07) is 6.43. The molecule has 1 N–H and O–H groups in total. The van der Waals surface area contributed by atoms with Crippen LogP contribution >= 0.6 is 0 Å². The lowest BCUT2D eigenvalue weighted by Gasteiger charge is -2.28. The fraction of sp³-hybridized carbons (Fsp3) is 0.333. The lowest BCUT2D eigenvalue weighted by atomic mass is 10.1. The highest BCUT2D eigenvalue weighted by atomic mass is 16.5. The Morgan fingerprint density at radius 1 is 1.24 bits per heavy atom. The number of fused-ring (bicyclic) bond motifs is 1. The van der Waals surface area contributed by atoms with Crippen molar-refractivity contribution in [1.29, 1.82) is 0 Å². The molecule has 0 aliphatic carbocycles. The molecular weight excluding hydrogens is 266 g/mol. The van der Waals surface area contributed by atoms with Gasteiger partial charge in [-0.15, -0.1) is 0 Å². The Balaban J connectivity index is 1.81. The van der Waals surface area contributed by atoms with Crippen molar-refractivity contribution in [1.82, 2.24) is 19.7 Å². The van der Waals surface area contributed by atoms with E-state index in [1.807, 2.05) is 17.8 Å². The van der Waals surface area contributed by atoms with Gasteiger partial charge in [-0.25, -0.2) is 4.98 Å². The zero-order valence-electron chi connectivity index (χ0n) is 11.9. The van der Waals surface area contributed by atoms with Crippen molar-refractivity contribution in [2.24, 2.45) is 7.05 Å². The summed E-state index contributed by atoms with van der Waals surface area (Å²) in [6.07, 6.45) is 3.64. The van der Waals surface area contributed by atoms with E-state index in [2.05, 4.69) is 38.3 Å². The zero-order chi connectivity index (χ0) is 14.2. The van der Waals surface area contributed by atoms with Gasteiger partial charge in [-0.3, -0.25) is 5.10 Å². The molecule has 0 unspecified atom stereocenters. The summed E-state index contributed by atoms with van der Waals surface area (Å²) in [7, 11) is 1.98. The Labute approximate surface area is 122 Å². The lowest BCUT2D eigenvalue weighted by molar-refractivity contribution is 0.122. The number of hydrogen-bond donors (Lipinski definition) is 1. The van der Waals surface area contributed by atoms with Crippen molar-refractivity contribution in [3.05, 3.63) is 30.7 Å². The van der Waals surface area contributed by atoms with Crippen LogP contribution in [0, 0.1) is 0 Å². The Kier molecular flexibility index (Phi) is 2.89. The molecule has 0 amide bonds. The van der Waals surface area contributed by atoms with Gasteiger partial charge in [0.05, 0.1) is 36.9 Å². The van der Waals surface area contributed by atoms with Crippen molar-refractivity contribution in [3.8, 4) is 11.4 Å². The van der Waals surface area contributed by atoms with Gasteiger partial charge in [0.25, 0.3) is 0 Å². The van der Waals surface area contributed by atoms with Gasteiger partial charge in [-0.1, -0.05) is 0 Å². The minimum Gasteiger partial charge on any atom is -0.378 e. The first-order chi connectivity index (χ1) is 10.3. The number of ether oxygens (including phenoxy) is 1. The maximum absolute atomic E-state index is 5.42. The summed E-state index contributed by atoms with van der Waals surface area (Å²) in [5.41, 5.74) is 4.22. The number of aryl methyl sites for hydroxylation is 1. The minimum atomic E-state index is 0.790. The van der Waals surface area contributed by atoms with Crippen LogP contribution in [0.4, 0.5) is 5.69 Å². The van der Waals surface area contributed by atoms with Crippen molar-refractivity contribution in [2.75, 3.05) is 31.2 Å². The number of morpholine rings is 1. The largest absolute Gasteiger partial charge is 0.378 e. The van der Waals surface area contributed by atoms with Gasteiger partial charge in [-0.05, 0) is 18.2 Å². The number of anilines is 1. The van der Waals surface area contributed by atoms with E-state index in [1.165, 1.54) is 5.69 Å². The quantitative estimate of drug-likeness (QED) is 0.779. The summed E-state index contributed by atoms with van der Waals surface area (Å²) in [6.45, 7) is 3.45.